The average Bonchev–Trinajstić information content (AvgIpc) is 3.63. The molecule has 6 aliphatic rings. The molecule has 4 heteroatoms. The summed E-state index contributed by atoms with van der Waals surface area (Å²) in [6.07, 6.45) is 14.4. The van der Waals surface area contributed by atoms with E-state index in [-0.39, 0.29) is 11.3 Å². The number of carbonyl (C=O) groups is 2. The molecule has 0 radical (unpaired) electrons. The lowest BCUT2D eigenvalue weighted by atomic mass is 9.45. The van der Waals surface area contributed by atoms with Crippen molar-refractivity contribution in [2.45, 2.75) is 70.3 Å². The average molecular weight is 411 g/mol. The number of ketones is 1. The largest absolute Gasteiger partial charge is 0.478 e. The van der Waals surface area contributed by atoms with Crippen molar-refractivity contribution in [1.29, 1.82) is 0 Å². The van der Waals surface area contributed by atoms with Crippen LogP contribution in [0.15, 0.2) is 23.8 Å². The van der Waals surface area contributed by atoms with Crippen LogP contribution in [0, 0.1) is 52.8 Å². The van der Waals surface area contributed by atoms with Gasteiger partial charge in [-0.2, -0.15) is 0 Å². The lowest BCUT2D eigenvalue weighted by Crippen LogP contribution is -2.57. The number of rotatable bonds is 4. The number of aliphatic carboxylic acids is 1. The van der Waals surface area contributed by atoms with E-state index in [1.807, 2.05) is 6.08 Å². The summed E-state index contributed by atoms with van der Waals surface area (Å²) >= 11 is 0. The Hall–Kier alpha value is -1.42. The predicted molar refractivity (Wildman–Crippen MR) is 112 cm³/mol. The van der Waals surface area contributed by atoms with Gasteiger partial charge in [0.2, 0.25) is 0 Å². The molecule has 162 valence electrons. The number of allylic oxidation sites excluding steroid dienone is 1. The van der Waals surface area contributed by atoms with Gasteiger partial charge in [-0.3, -0.25) is 4.79 Å². The van der Waals surface area contributed by atoms with Crippen molar-refractivity contribution in [3.63, 3.8) is 0 Å². The van der Waals surface area contributed by atoms with Gasteiger partial charge in [-0.05, 0) is 111 Å². The van der Waals surface area contributed by atoms with Crippen LogP contribution in [0.1, 0.15) is 64.7 Å². The van der Waals surface area contributed by atoms with Gasteiger partial charge in [0.1, 0.15) is 0 Å². The number of hydrogen-bond donors (Lipinski definition) is 2. The highest BCUT2D eigenvalue weighted by Gasteiger charge is 2.76. The van der Waals surface area contributed by atoms with Crippen molar-refractivity contribution >= 4 is 11.8 Å². The Labute approximate surface area is 178 Å². The lowest BCUT2D eigenvalue weighted by Gasteiger charge is -2.60. The first kappa shape index (κ1) is 19.3. The summed E-state index contributed by atoms with van der Waals surface area (Å²) in [6, 6.07) is 0. The van der Waals surface area contributed by atoms with Crippen molar-refractivity contribution in [2.75, 3.05) is 0 Å². The Morgan fingerprint density at radius 3 is 2.70 bits per heavy atom. The molecule has 5 saturated carbocycles. The molecule has 0 spiro atoms. The molecule has 2 N–H and O–H groups in total. The lowest BCUT2D eigenvalue weighted by molar-refractivity contribution is -0.141. The summed E-state index contributed by atoms with van der Waals surface area (Å²) in [4.78, 5) is 23.5. The number of aliphatic hydroxyl groups is 1. The van der Waals surface area contributed by atoms with Gasteiger partial charge in [0.15, 0.2) is 5.78 Å². The molecule has 30 heavy (non-hydrogen) atoms. The molecular formula is C26H34O4. The van der Waals surface area contributed by atoms with Crippen LogP contribution in [0.4, 0.5) is 0 Å². The fourth-order valence-corrected chi connectivity index (χ4v) is 9.29. The summed E-state index contributed by atoms with van der Waals surface area (Å²) in [5.74, 6) is 3.99. The number of carboxylic acids is 1. The van der Waals surface area contributed by atoms with Crippen molar-refractivity contribution in [1.82, 2.24) is 0 Å². The normalized spacial score (nSPS) is 51.6. The zero-order valence-corrected chi connectivity index (χ0v) is 17.9. The fourth-order valence-electron chi connectivity index (χ4n) is 9.29. The van der Waals surface area contributed by atoms with Gasteiger partial charge >= 0.3 is 5.97 Å². The molecule has 0 aromatic carbocycles. The zero-order valence-electron chi connectivity index (χ0n) is 17.9. The van der Waals surface area contributed by atoms with Gasteiger partial charge in [0, 0.05) is 17.9 Å². The first-order chi connectivity index (χ1) is 14.4. The molecule has 0 unspecified atom stereocenters. The number of carboxylic acid groups (broad SMARTS) is 1. The van der Waals surface area contributed by atoms with E-state index >= 15 is 0 Å². The van der Waals surface area contributed by atoms with Crippen molar-refractivity contribution in [2.24, 2.45) is 52.8 Å². The third-order valence-corrected chi connectivity index (χ3v) is 10.5. The van der Waals surface area contributed by atoms with Gasteiger partial charge < -0.3 is 10.2 Å². The molecule has 0 heterocycles. The first-order valence-electron chi connectivity index (χ1n) is 12.3. The molecular weight excluding hydrogens is 376 g/mol. The van der Waals surface area contributed by atoms with Crippen LogP contribution in [0.5, 0.6) is 0 Å². The molecule has 0 saturated heterocycles. The Balaban J connectivity index is 1.43. The third kappa shape index (κ3) is 2.43. The zero-order chi connectivity index (χ0) is 20.8. The van der Waals surface area contributed by atoms with Gasteiger partial charge in [-0.15, -0.1) is 0 Å². The molecule has 4 nitrogen and oxygen atoms in total. The van der Waals surface area contributed by atoms with Crippen molar-refractivity contribution in [3.8, 4) is 0 Å². The summed E-state index contributed by atoms with van der Waals surface area (Å²) in [5.41, 5.74) is 0.305. The summed E-state index contributed by atoms with van der Waals surface area (Å²) in [7, 11) is 0. The summed E-state index contributed by atoms with van der Waals surface area (Å²) in [6.45, 7) is 2.22. The van der Waals surface area contributed by atoms with Crippen LogP contribution in [0.25, 0.3) is 0 Å². The van der Waals surface area contributed by atoms with Crippen LogP contribution in [0.2, 0.25) is 0 Å². The van der Waals surface area contributed by atoms with E-state index in [9.17, 15) is 19.8 Å². The first-order valence-corrected chi connectivity index (χ1v) is 12.3. The number of fused-ring (bicyclic) bond motifs is 7. The van der Waals surface area contributed by atoms with Crippen LogP contribution in [0.3, 0.4) is 0 Å². The molecule has 0 aromatic heterocycles. The Bertz CT molecular complexity index is 853. The maximum atomic E-state index is 12.2. The van der Waals surface area contributed by atoms with Crippen molar-refractivity contribution < 1.29 is 19.8 Å². The Kier molecular flexibility index (Phi) is 4.05. The van der Waals surface area contributed by atoms with E-state index in [4.69, 9.17) is 0 Å². The highest BCUT2D eigenvalue weighted by molar-refractivity contribution is 5.91. The van der Waals surface area contributed by atoms with E-state index < -0.39 is 11.6 Å². The van der Waals surface area contributed by atoms with Gasteiger partial charge in [0.05, 0.1) is 5.60 Å². The highest BCUT2D eigenvalue weighted by atomic mass is 16.4. The summed E-state index contributed by atoms with van der Waals surface area (Å²) < 4.78 is 0. The van der Waals surface area contributed by atoms with E-state index in [2.05, 4.69) is 6.92 Å². The van der Waals surface area contributed by atoms with Crippen LogP contribution < -0.4 is 0 Å². The monoisotopic (exact) mass is 410 g/mol. The minimum atomic E-state index is -0.965. The highest BCUT2D eigenvalue weighted by Crippen LogP contribution is 2.78. The maximum Gasteiger partial charge on any atom is 0.328 e. The van der Waals surface area contributed by atoms with Gasteiger partial charge in [-0.1, -0.05) is 12.5 Å². The van der Waals surface area contributed by atoms with E-state index in [1.165, 1.54) is 24.5 Å². The van der Waals surface area contributed by atoms with Crippen LogP contribution in [-0.2, 0) is 9.59 Å². The van der Waals surface area contributed by atoms with Crippen LogP contribution in [-0.4, -0.2) is 27.6 Å². The van der Waals surface area contributed by atoms with Crippen molar-refractivity contribution in [3.05, 3.63) is 23.8 Å². The molecule has 6 aliphatic carbocycles. The number of hydrogen-bond acceptors (Lipinski definition) is 3. The fraction of sp³-hybridized carbons (Fsp3) is 0.769. The molecule has 6 rings (SSSR count). The molecule has 0 aromatic rings. The summed E-state index contributed by atoms with van der Waals surface area (Å²) in [5, 5.41) is 21.3. The Morgan fingerprint density at radius 2 is 2.00 bits per heavy atom. The standard InChI is InChI=1S/C26H34O4/c1-2-25-9-7-18-17-6-5-16(27)11-15(17)12-19(14-3-4-14)23(18)24(25)20-13-21(20)26(25,30)10-8-22(28)29/h8,10-11,14,17-21,23-24,30H,2-7,9,12-13H2,1H3,(H,28,29)/b10-8-/t17-,18+,19-,20+,21-,23-,24-,25-,26-/m0/s1. The SMILES string of the molecule is CC[C@]12CC[C@H]3[C@H]([C@@H]1[C@@H]1C[C@@H]1[C@@]2(O)/C=C\C(=O)O)[C@H](C1CC1)CC1=CC(=O)CC[C@@H]13. The second-order valence-corrected chi connectivity index (χ2v) is 11.4. The van der Waals surface area contributed by atoms with Crippen LogP contribution >= 0.6 is 0 Å². The third-order valence-electron chi connectivity index (χ3n) is 10.5. The van der Waals surface area contributed by atoms with E-state index in [0.29, 0.717) is 47.7 Å². The molecule has 5 fully saturated rings. The predicted octanol–water partition coefficient (Wildman–Crippen LogP) is 4.38. The second-order valence-electron chi connectivity index (χ2n) is 11.4. The molecule has 9 atom stereocenters. The topological polar surface area (TPSA) is 74.6 Å². The van der Waals surface area contributed by atoms with Gasteiger partial charge in [-0.25, -0.2) is 4.79 Å². The smallest absolute Gasteiger partial charge is 0.328 e. The molecule has 0 amide bonds. The van der Waals surface area contributed by atoms with Gasteiger partial charge in [0.25, 0.3) is 0 Å². The quantitative estimate of drug-likeness (QED) is 0.675. The molecule has 0 bridgehead atoms. The maximum absolute atomic E-state index is 12.2. The van der Waals surface area contributed by atoms with E-state index in [0.717, 1.165) is 44.4 Å². The van der Waals surface area contributed by atoms with E-state index in [1.54, 1.807) is 6.08 Å². The minimum absolute atomic E-state index is 0.174. The number of carbonyl (C=O) groups excluding carboxylic acids is 1. The Morgan fingerprint density at radius 1 is 1.20 bits per heavy atom. The molecule has 0 aliphatic heterocycles. The minimum Gasteiger partial charge on any atom is -0.478 e. The second kappa shape index (κ2) is 6.31.